The first kappa shape index (κ1) is 20.8. The van der Waals surface area contributed by atoms with Gasteiger partial charge in [-0.3, -0.25) is 4.79 Å². The summed E-state index contributed by atoms with van der Waals surface area (Å²) in [5, 5.41) is 19.6. The molecule has 2 aromatic carbocycles. The second-order valence-electron chi connectivity index (χ2n) is 5.54. The Labute approximate surface area is 151 Å². The monoisotopic (exact) mass is 388 g/mol. The molecule has 0 saturated heterocycles. The van der Waals surface area contributed by atoms with Crippen LogP contribution in [0.3, 0.4) is 0 Å². The van der Waals surface area contributed by atoms with Gasteiger partial charge in [0.1, 0.15) is 12.2 Å². The second-order valence-corrected chi connectivity index (χ2v) is 5.54. The first-order valence-electron chi connectivity index (χ1n) is 7.71. The van der Waals surface area contributed by atoms with E-state index in [0.29, 0.717) is 0 Å². The highest BCUT2D eigenvalue weighted by molar-refractivity contribution is 6.00. The maximum absolute atomic E-state index is 13.9. The van der Waals surface area contributed by atoms with Crippen molar-refractivity contribution >= 4 is 5.78 Å². The van der Waals surface area contributed by atoms with E-state index in [-0.39, 0.29) is 6.61 Å². The third kappa shape index (κ3) is 4.44. The first-order chi connectivity index (χ1) is 12.8. The number of Topliss-reactive ketones (excluding diaryl/α,β-unsaturated/α-hetero) is 1. The van der Waals surface area contributed by atoms with E-state index in [9.17, 15) is 32.6 Å². The van der Waals surface area contributed by atoms with Crippen LogP contribution in [0.2, 0.25) is 0 Å². The lowest BCUT2D eigenvalue weighted by atomic mass is 10.0. The highest BCUT2D eigenvalue weighted by Gasteiger charge is 2.35. The zero-order chi connectivity index (χ0) is 20.1. The van der Waals surface area contributed by atoms with Gasteiger partial charge in [-0.25, -0.2) is 8.78 Å². The Bertz CT molecular complexity index is 784. The van der Waals surface area contributed by atoms with Crippen LogP contribution in [0.15, 0.2) is 30.3 Å². The highest BCUT2D eigenvalue weighted by Crippen LogP contribution is 2.30. The molecule has 0 aliphatic rings. The Hall–Kier alpha value is -2.49. The minimum Gasteiger partial charge on any atom is -0.491 e. The van der Waals surface area contributed by atoms with E-state index < -0.39 is 59.2 Å². The van der Waals surface area contributed by atoms with Gasteiger partial charge in [-0.05, 0) is 5.56 Å². The Morgan fingerprint density at radius 3 is 2.07 bits per heavy atom. The summed E-state index contributed by atoms with van der Waals surface area (Å²) in [6.45, 7) is -0.528. The zero-order valence-corrected chi connectivity index (χ0v) is 14.1. The number of carbonyl (C=O) groups excluding carboxylic acids is 1. The van der Waals surface area contributed by atoms with Crippen LogP contribution in [-0.4, -0.2) is 41.9 Å². The van der Waals surface area contributed by atoms with Crippen molar-refractivity contribution in [3.63, 3.8) is 0 Å². The number of ether oxygens (including phenoxy) is 2. The van der Waals surface area contributed by atoms with Crippen molar-refractivity contribution in [2.45, 2.75) is 18.8 Å². The summed E-state index contributed by atoms with van der Waals surface area (Å²) in [6.07, 6.45) is -4.25. The molecule has 0 amide bonds. The molecule has 0 saturated carbocycles. The molecule has 0 aromatic heterocycles. The minimum atomic E-state index is -2.36. The second kappa shape index (κ2) is 8.94. The molecule has 0 bridgehead atoms. The summed E-state index contributed by atoms with van der Waals surface area (Å²) in [6, 6.07) is 8.71. The molecule has 9 heteroatoms. The van der Waals surface area contributed by atoms with E-state index in [1.54, 1.807) is 30.3 Å². The average Bonchev–Trinajstić information content (AvgIpc) is 2.67. The molecule has 0 radical (unpaired) electrons. The van der Waals surface area contributed by atoms with E-state index in [1.165, 1.54) is 0 Å². The predicted molar refractivity (Wildman–Crippen MR) is 85.3 cm³/mol. The van der Waals surface area contributed by atoms with Crippen molar-refractivity contribution in [1.82, 2.24) is 0 Å². The molecule has 0 aliphatic heterocycles. The van der Waals surface area contributed by atoms with Gasteiger partial charge < -0.3 is 19.7 Å². The fourth-order valence-electron chi connectivity index (χ4n) is 2.29. The quantitative estimate of drug-likeness (QED) is 0.413. The Kier molecular flexibility index (Phi) is 6.89. The van der Waals surface area contributed by atoms with Crippen molar-refractivity contribution in [3.8, 4) is 5.75 Å². The molecule has 2 atom stereocenters. The maximum Gasteiger partial charge on any atom is 0.204 e. The van der Waals surface area contributed by atoms with Crippen molar-refractivity contribution in [3.05, 3.63) is 64.7 Å². The van der Waals surface area contributed by atoms with Crippen LogP contribution in [-0.2, 0) is 11.3 Å². The van der Waals surface area contributed by atoms with Crippen LogP contribution in [0.5, 0.6) is 5.75 Å². The summed E-state index contributed by atoms with van der Waals surface area (Å²) < 4.78 is 64.6. The molecule has 5 nitrogen and oxygen atoms in total. The standard InChI is InChI=1S/C18H16F4O5/c1-26-18-14(21)12(19)11(13(20)15(18)22)17(25)16(24)10(23)8-27-7-9-5-3-2-4-6-9/h2-6,10,16,23-24H,7-8H2,1H3/t10-,16+/m1/s1. The highest BCUT2D eigenvalue weighted by atomic mass is 19.2. The Balaban J connectivity index is 2.12. The van der Waals surface area contributed by atoms with Crippen molar-refractivity contribution in [1.29, 1.82) is 0 Å². The Morgan fingerprint density at radius 2 is 1.56 bits per heavy atom. The molecule has 0 fully saturated rings. The van der Waals surface area contributed by atoms with Crippen molar-refractivity contribution < 1.29 is 42.0 Å². The molecule has 0 unspecified atom stereocenters. The summed E-state index contributed by atoms with van der Waals surface area (Å²) in [7, 11) is 0.782. The first-order valence-corrected chi connectivity index (χ1v) is 7.71. The van der Waals surface area contributed by atoms with Crippen LogP contribution in [0.4, 0.5) is 17.6 Å². The van der Waals surface area contributed by atoms with Gasteiger partial charge in [0.15, 0.2) is 23.2 Å². The topological polar surface area (TPSA) is 76.0 Å². The number of rotatable bonds is 8. The average molecular weight is 388 g/mol. The van der Waals surface area contributed by atoms with E-state index in [4.69, 9.17) is 4.74 Å². The molecular formula is C18H16F4O5. The van der Waals surface area contributed by atoms with E-state index >= 15 is 0 Å². The number of carbonyl (C=O) groups is 1. The molecule has 146 valence electrons. The van der Waals surface area contributed by atoms with Crippen molar-refractivity contribution in [2.24, 2.45) is 0 Å². The smallest absolute Gasteiger partial charge is 0.204 e. The van der Waals surface area contributed by atoms with Crippen LogP contribution < -0.4 is 4.74 Å². The van der Waals surface area contributed by atoms with Crippen LogP contribution in [0, 0.1) is 23.3 Å². The molecular weight excluding hydrogens is 372 g/mol. The fraction of sp³-hybridized carbons (Fsp3) is 0.278. The Morgan fingerprint density at radius 1 is 1.00 bits per heavy atom. The van der Waals surface area contributed by atoms with Gasteiger partial charge >= 0.3 is 0 Å². The van der Waals surface area contributed by atoms with Gasteiger partial charge in [0.2, 0.25) is 11.6 Å². The predicted octanol–water partition coefficient (Wildman–Crippen LogP) is 2.37. The van der Waals surface area contributed by atoms with Gasteiger partial charge in [-0.2, -0.15) is 8.78 Å². The maximum atomic E-state index is 13.9. The number of aliphatic hydroxyl groups excluding tert-OH is 2. The summed E-state index contributed by atoms with van der Waals surface area (Å²) in [5.74, 6) is -11.0. The van der Waals surface area contributed by atoms with Crippen LogP contribution >= 0.6 is 0 Å². The minimum absolute atomic E-state index is 0.0350. The number of aliphatic hydroxyl groups is 2. The number of methoxy groups -OCH3 is 1. The molecule has 2 aromatic rings. The van der Waals surface area contributed by atoms with E-state index in [2.05, 4.69) is 4.74 Å². The van der Waals surface area contributed by atoms with Gasteiger partial charge in [0, 0.05) is 0 Å². The lowest BCUT2D eigenvalue weighted by Gasteiger charge is -2.18. The van der Waals surface area contributed by atoms with Gasteiger partial charge in [-0.15, -0.1) is 0 Å². The SMILES string of the molecule is COc1c(F)c(F)c(C(=O)[C@@H](O)[C@H](O)COCc2ccccc2)c(F)c1F. The summed E-state index contributed by atoms with van der Waals surface area (Å²) in [4.78, 5) is 12.0. The number of hydrogen-bond donors (Lipinski definition) is 2. The van der Waals surface area contributed by atoms with E-state index in [1.807, 2.05) is 0 Å². The number of halogens is 4. The van der Waals surface area contributed by atoms with Gasteiger partial charge in [-0.1, -0.05) is 30.3 Å². The van der Waals surface area contributed by atoms with Crippen LogP contribution in [0.25, 0.3) is 0 Å². The zero-order valence-electron chi connectivity index (χ0n) is 14.1. The van der Waals surface area contributed by atoms with Crippen molar-refractivity contribution in [2.75, 3.05) is 13.7 Å². The molecule has 27 heavy (non-hydrogen) atoms. The lowest BCUT2D eigenvalue weighted by Crippen LogP contribution is -2.38. The largest absolute Gasteiger partial charge is 0.491 e. The molecule has 0 heterocycles. The fourth-order valence-corrected chi connectivity index (χ4v) is 2.29. The third-order valence-electron chi connectivity index (χ3n) is 3.71. The molecule has 2 N–H and O–H groups in total. The number of hydrogen-bond acceptors (Lipinski definition) is 5. The summed E-state index contributed by atoms with van der Waals surface area (Å²) >= 11 is 0. The molecule has 0 aliphatic carbocycles. The number of benzene rings is 2. The lowest BCUT2D eigenvalue weighted by molar-refractivity contribution is -0.0320. The van der Waals surface area contributed by atoms with E-state index in [0.717, 1.165) is 12.7 Å². The molecule has 0 spiro atoms. The van der Waals surface area contributed by atoms with Gasteiger partial charge in [0.25, 0.3) is 0 Å². The third-order valence-corrected chi connectivity index (χ3v) is 3.71. The normalized spacial score (nSPS) is 13.3. The van der Waals surface area contributed by atoms with Gasteiger partial charge in [0.05, 0.1) is 25.9 Å². The summed E-state index contributed by atoms with van der Waals surface area (Å²) in [5.41, 5.74) is -0.915. The molecule has 2 rings (SSSR count). The van der Waals surface area contributed by atoms with Crippen LogP contribution in [0.1, 0.15) is 15.9 Å². The number of ketones is 1.